The van der Waals surface area contributed by atoms with Crippen molar-refractivity contribution in [2.45, 2.75) is 6.92 Å². The van der Waals surface area contributed by atoms with Crippen LogP contribution in [0.15, 0.2) is 22.7 Å². The number of aromatic nitrogens is 1. The molecule has 2 aromatic rings. The second-order valence-corrected chi connectivity index (χ2v) is 3.93. The third kappa shape index (κ3) is 2.55. The van der Waals surface area contributed by atoms with Gasteiger partial charge in [-0.3, -0.25) is 20.2 Å². The average Bonchev–Trinajstić information content (AvgIpc) is 2.77. The van der Waals surface area contributed by atoms with E-state index in [1.54, 1.807) is 6.92 Å². The van der Waals surface area contributed by atoms with Crippen molar-refractivity contribution in [3.8, 4) is 0 Å². The largest absolute Gasteiger partial charge is 0.396 e. The van der Waals surface area contributed by atoms with Gasteiger partial charge in [0.1, 0.15) is 5.56 Å². The molecular weight excluding hydrogens is 271 g/mol. The molecule has 0 spiro atoms. The van der Waals surface area contributed by atoms with Crippen molar-refractivity contribution in [3.63, 3.8) is 0 Å². The summed E-state index contributed by atoms with van der Waals surface area (Å²) in [5.74, 6) is -1.80. The highest BCUT2D eigenvalue weighted by atomic mass is 19.1. The maximum absolute atomic E-state index is 13.2. The Bertz CT molecular complexity index is 698. The minimum atomic E-state index is -0.969. The molecule has 1 amide bonds. The van der Waals surface area contributed by atoms with Crippen molar-refractivity contribution in [1.29, 1.82) is 0 Å². The molecule has 2 rings (SSSR count). The molecule has 0 saturated heterocycles. The van der Waals surface area contributed by atoms with Gasteiger partial charge in [0.15, 0.2) is 5.82 Å². The first-order chi connectivity index (χ1) is 9.38. The van der Waals surface area contributed by atoms with Gasteiger partial charge < -0.3 is 10.3 Å². The van der Waals surface area contributed by atoms with E-state index in [0.717, 1.165) is 6.07 Å². The lowest BCUT2D eigenvalue weighted by molar-refractivity contribution is -0.385. The van der Waals surface area contributed by atoms with Gasteiger partial charge in [-0.25, -0.2) is 4.39 Å². The van der Waals surface area contributed by atoms with E-state index in [2.05, 4.69) is 10.5 Å². The van der Waals surface area contributed by atoms with Crippen molar-refractivity contribution >= 4 is 23.2 Å². The van der Waals surface area contributed by atoms with E-state index in [1.807, 2.05) is 0 Å². The monoisotopic (exact) mass is 280 g/mol. The van der Waals surface area contributed by atoms with Gasteiger partial charge in [-0.05, 0) is 13.0 Å². The van der Waals surface area contributed by atoms with Gasteiger partial charge in [0.25, 0.3) is 11.6 Å². The van der Waals surface area contributed by atoms with Gasteiger partial charge in [0, 0.05) is 6.07 Å². The molecule has 0 aliphatic heterocycles. The molecule has 0 saturated carbocycles. The van der Waals surface area contributed by atoms with E-state index in [9.17, 15) is 19.3 Å². The Morgan fingerprint density at radius 1 is 1.50 bits per heavy atom. The number of benzene rings is 1. The number of rotatable bonds is 3. The predicted molar refractivity (Wildman–Crippen MR) is 66.7 cm³/mol. The summed E-state index contributed by atoms with van der Waals surface area (Å²) in [6.45, 7) is 1.64. The first-order valence-electron chi connectivity index (χ1n) is 5.36. The number of amides is 1. The van der Waals surface area contributed by atoms with Crippen molar-refractivity contribution < 1.29 is 18.6 Å². The average molecular weight is 280 g/mol. The summed E-state index contributed by atoms with van der Waals surface area (Å²) in [7, 11) is 0. The predicted octanol–water partition coefficient (Wildman–Crippen LogP) is 1.86. The van der Waals surface area contributed by atoms with Crippen LogP contribution in [0.3, 0.4) is 0 Å². The number of hydrogen-bond acceptors (Lipinski definition) is 6. The van der Waals surface area contributed by atoms with Crippen molar-refractivity contribution in [3.05, 3.63) is 45.4 Å². The fourth-order valence-corrected chi connectivity index (χ4v) is 1.51. The van der Waals surface area contributed by atoms with Crippen molar-refractivity contribution in [2.75, 3.05) is 11.1 Å². The first kappa shape index (κ1) is 13.5. The van der Waals surface area contributed by atoms with Crippen LogP contribution >= 0.6 is 0 Å². The van der Waals surface area contributed by atoms with Gasteiger partial charge in [-0.2, -0.15) is 0 Å². The highest BCUT2D eigenvalue weighted by Crippen LogP contribution is 2.25. The molecule has 8 nitrogen and oxygen atoms in total. The number of halogens is 1. The number of nitro groups is 1. The summed E-state index contributed by atoms with van der Waals surface area (Å²) < 4.78 is 18.0. The second kappa shape index (κ2) is 4.96. The fourth-order valence-electron chi connectivity index (χ4n) is 1.51. The molecule has 0 atom stereocenters. The second-order valence-electron chi connectivity index (χ2n) is 3.93. The maximum Gasteiger partial charge on any atom is 0.285 e. The van der Waals surface area contributed by atoms with E-state index in [4.69, 9.17) is 10.3 Å². The van der Waals surface area contributed by atoms with Crippen LogP contribution in [0.4, 0.5) is 21.6 Å². The molecule has 0 aliphatic carbocycles. The molecular formula is C11H9FN4O4. The number of nitrogens with two attached hydrogens (primary N) is 1. The standard InChI is InChI=1S/C11H9FN4O4/c1-5-2-10(20-15-5)14-11(17)6-3-8(13)7(12)4-9(6)16(18)19/h2-4H,13H2,1H3,(H,14,17). The number of carbonyl (C=O) groups is 1. The van der Waals surface area contributed by atoms with Crippen molar-refractivity contribution in [1.82, 2.24) is 5.16 Å². The smallest absolute Gasteiger partial charge is 0.285 e. The van der Waals surface area contributed by atoms with Gasteiger partial charge in [0.05, 0.1) is 22.4 Å². The zero-order valence-electron chi connectivity index (χ0n) is 10.2. The number of nitro benzene ring substituents is 1. The maximum atomic E-state index is 13.2. The van der Waals surface area contributed by atoms with Crippen LogP contribution in [0.1, 0.15) is 16.1 Å². The molecule has 1 heterocycles. The summed E-state index contributed by atoms with van der Waals surface area (Å²) in [4.78, 5) is 21.9. The molecule has 0 radical (unpaired) electrons. The van der Waals surface area contributed by atoms with Crippen molar-refractivity contribution in [2.24, 2.45) is 0 Å². The lowest BCUT2D eigenvalue weighted by Crippen LogP contribution is -2.14. The third-order valence-corrected chi connectivity index (χ3v) is 2.42. The zero-order chi connectivity index (χ0) is 14.9. The summed E-state index contributed by atoms with van der Waals surface area (Å²) in [6.07, 6.45) is 0. The molecule has 0 unspecified atom stereocenters. The fraction of sp³-hybridized carbons (Fsp3) is 0.0909. The Labute approximate surface area is 111 Å². The van der Waals surface area contributed by atoms with Crippen LogP contribution in [-0.4, -0.2) is 16.0 Å². The van der Waals surface area contributed by atoms with E-state index in [-0.39, 0.29) is 17.1 Å². The number of aryl methyl sites for hydroxylation is 1. The topological polar surface area (TPSA) is 124 Å². The number of nitrogens with zero attached hydrogens (tertiary/aromatic N) is 2. The quantitative estimate of drug-likeness (QED) is 0.502. The number of hydrogen-bond donors (Lipinski definition) is 2. The van der Waals surface area contributed by atoms with Gasteiger partial charge in [0.2, 0.25) is 5.88 Å². The molecule has 1 aromatic carbocycles. The lowest BCUT2D eigenvalue weighted by atomic mass is 10.1. The molecule has 9 heteroatoms. The zero-order valence-corrected chi connectivity index (χ0v) is 10.2. The van der Waals surface area contributed by atoms with Gasteiger partial charge in [-0.15, -0.1) is 0 Å². The molecule has 104 valence electrons. The van der Waals surface area contributed by atoms with E-state index >= 15 is 0 Å². The highest BCUT2D eigenvalue weighted by Gasteiger charge is 2.23. The third-order valence-electron chi connectivity index (χ3n) is 2.42. The Kier molecular flexibility index (Phi) is 3.34. The summed E-state index contributed by atoms with van der Waals surface area (Å²) >= 11 is 0. The molecule has 0 aliphatic rings. The van der Waals surface area contributed by atoms with Gasteiger partial charge in [-0.1, -0.05) is 5.16 Å². The normalized spacial score (nSPS) is 10.3. The molecule has 0 fully saturated rings. The summed E-state index contributed by atoms with van der Waals surface area (Å²) in [5, 5.41) is 16.6. The number of carbonyl (C=O) groups excluding carboxylic acids is 1. The van der Waals surface area contributed by atoms with Crippen LogP contribution in [0, 0.1) is 22.9 Å². The van der Waals surface area contributed by atoms with Crippen LogP contribution in [0.25, 0.3) is 0 Å². The minimum absolute atomic E-state index is 0.0182. The molecule has 20 heavy (non-hydrogen) atoms. The molecule has 3 N–H and O–H groups in total. The van der Waals surface area contributed by atoms with E-state index in [0.29, 0.717) is 11.8 Å². The van der Waals surface area contributed by atoms with E-state index < -0.39 is 22.3 Å². The minimum Gasteiger partial charge on any atom is -0.396 e. The Morgan fingerprint density at radius 3 is 2.75 bits per heavy atom. The highest BCUT2D eigenvalue weighted by molar-refractivity contribution is 6.07. The number of nitrogen functional groups attached to an aromatic ring is 1. The molecule has 0 bridgehead atoms. The first-order valence-corrected chi connectivity index (χ1v) is 5.36. The Hall–Kier alpha value is -2.97. The van der Waals surface area contributed by atoms with Crippen LogP contribution < -0.4 is 11.1 Å². The van der Waals surface area contributed by atoms with Crippen LogP contribution in [0.5, 0.6) is 0 Å². The van der Waals surface area contributed by atoms with Gasteiger partial charge >= 0.3 is 0 Å². The molecule has 1 aromatic heterocycles. The SMILES string of the molecule is Cc1cc(NC(=O)c2cc(N)c(F)cc2[N+](=O)[O-])on1. The number of nitrogens with one attached hydrogen (secondary N) is 1. The van der Waals surface area contributed by atoms with E-state index in [1.165, 1.54) is 6.07 Å². The van der Waals surface area contributed by atoms with Crippen LogP contribution in [-0.2, 0) is 0 Å². The summed E-state index contributed by atoms with van der Waals surface area (Å²) in [5.41, 5.74) is 4.41. The van der Waals surface area contributed by atoms with Crippen LogP contribution in [0.2, 0.25) is 0 Å². The lowest BCUT2D eigenvalue weighted by Gasteiger charge is -2.04. The Morgan fingerprint density at radius 2 is 2.20 bits per heavy atom. The Balaban J connectivity index is 2.38. The number of anilines is 2. The summed E-state index contributed by atoms with van der Waals surface area (Å²) in [6, 6.07) is 2.92.